The monoisotopic (exact) mass is 236 g/mol. The summed E-state index contributed by atoms with van der Waals surface area (Å²) in [5.41, 5.74) is 0.808. The zero-order valence-electron chi connectivity index (χ0n) is 9.95. The molecule has 0 heterocycles. The first kappa shape index (κ1) is 13.2. The van der Waals surface area contributed by atoms with Crippen molar-refractivity contribution >= 4 is 17.6 Å². The minimum absolute atomic E-state index is 0.191. The van der Waals surface area contributed by atoms with Gasteiger partial charge in [0.25, 0.3) is 0 Å². The Labute approximate surface area is 100 Å². The molecule has 17 heavy (non-hydrogen) atoms. The molecule has 0 bridgehead atoms. The Morgan fingerprint density at radius 1 is 1.29 bits per heavy atom. The van der Waals surface area contributed by atoms with Crippen LogP contribution in [0.15, 0.2) is 24.3 Å². The Morgan fingerprint density at radius 2 is 2.00 bits per heavy atom. The summed E-state index contributed by atoms with van der Waals surface area (Å²) in [7, 11) is 1.31. The number of ether oxygens (including phenoxy) is 1. The number of esters is 1. The molecule has 1 rings (SSSR count). The number of methoxy groups -OCH3 is 1. The van der Waals surface area contributed by atoms with Crippen LogP contribution in [0.1, 0.15) is 17.3 Å². The molecule has 0 saturated carbocycles. The van der Waals surface area contributed by atoms with E-state index in [0.29, 0.717) is 17.8 Å². The van der Waals surface area contributed by atoms with Gasteiger partial charge in [0.2, 0.25) is 5.91 Å². The molecule has 1 amide bonds. The third-order valence-electron chi connectivity index (χ3n) is 2.14. The highest BCUT2D eigenvalue weighted by Gasteiger charge is 2.12. The van der Waals surface area contributed by atoms with Crippen molar-refractivity contribution in [2.75, 3.05) is 25.5 Å². The van der Waals surface area contributed by atoms with Gasteiger partial charge in [0.05, 0.1) is 24.9 Å². The van der Waals surface area contributed by atoms with Crippen LogP contribution in [0, 0.1) is 0 Å². The molecule has 0 saturated heterocycles. The zero-order valence-corrected chi connectivity index (χ0v) is 9.95. The van der Waals surface area contributed by atoms with Crippen LogP contribution < -0.4 is 10.6 Å². The van der Waals surface area contributed by atoms with Crippen LogP contribution in [0.3, 0.4) is 0 Å². The number of hydrogen-bond donors (Lipinski definition) is 2. The smallest absolute Gasteiger partial charge is 0.339 e. The van der Waals surface area contributed by atoms with Crippen molar-refractivity contribution in [1.29, 1.82) is 0 Å². The van der Waals surface area contributed by atoms with E-state index in [0.717, 1.165) is 0 Å². The van der Waals surface area contributed by atoms with Gasteiger partial charge in [-0.25, -0.2) is 4.79 Å². The van der Waals surface area contributed by atoms with Crippen molar-refractivity contribution in [3.63, 3.8) is 0 Å². The van der Waals surface area contributed by atoms with Crippen LogP contribution in [0.2, 0.25) is 0 Å². The lowest BCUT2D eigenvalue weighted by Gasteiger charge is -2.09. The molecular weight excluding hydrogens is 220 g/mol. The van der Waals surface area contributed by atoms with Gasteiger partial charge in [0.15, 0.2) is 0 Å². The summed E-state index contributed by atoms with van der Waals surface area (Å²) in [6.07, 6.45) is 0. The largest absolute Gasteiger partial charge is 0.465 e. The molecule has 2 N–H and O–H groups in total. The van der Waals surface area contributed by atoms with Crippen LogP contribution in [-0.2, 0) is 9.53 Å². The van der Waals surface area contributed by atoms with Gasteiger partial charge in [-0.15, -0.1) is 0 Å². The maximum Gasteiger partial charge on any atom is 0.339 e. The average Bonchev–Trinajstić information content (AvgIpc) is 2.36. The molecule has 0 radical (unpaired) electrons. The van der Waals surface area contributed by atoms with E-state index in [2.05, 4.69) is 15.4 Å². The van der Waals surface area contributed by atoms with E-state index in [4.69, 9.17) is 0 Å². The first-order chi connectivity index (χ1) is 8.19. The third kappa shape index (κ3) is 3.88. The topological polar surface area (TPSA) is 67.4 Å². The fraction of sp³-hybridized carbons (Fsp3) is 0.333. The average molecular weight is 236 g/mol. The standard InChI is InChI=1S/C12H16N2O3/c1-3-13-8-11(15)14-10-7-5-4-6-9(10)12(16)17-2/h4-7,13H,3,8H2,1-2H3,(H,14,15). The van der Waals surface area contributed by atoms with Gasteiger partial charge in [-0.1, -0.05) is 19.1 Å². The minimum Gasteiger partial charge on any atom is -0.465 e. The molecule has 1 aromatic rings. The predicted molar refractivity (Wildman–Crippen MR) is 65.0 cm³/mol. The van der Waals surface area contributed by atoms with Gasteiger partial charge in [-0.2, -0.15) is 0 Å². The van der Waals surface area contributed by atoms with Crippen LogP contribution in [-0.4, -0.2) is 32.1 Å². The summed E-state index contributed by atoms with van der Waals surface area (Å²) in [5, 5.41) is 5.56. The zero-order chi connectivity index (χ0) is 12.7. The normalized spacial score (nSPS) is 9.76. The summed E-state index contributed by atoms with van der Waals surface area (Å²) >= 11 is 0. The molecule has 0 aliphatic rings. The Kier molecular flexibility index (Phi) is 5.16. The van der Waals surface area contributed by atoms with E-state index in [1.165, 1.54) is 7.11 Å². The molecular formula is C12H16N2O3. The lowest BCUT2D eigenvalue weighted by Crippen LogP contribution is -2.28. The van der Waals surface area contributed by atoms with Gasteiger partial charge in [-0.05, 0) is 18.7 Å². The lowest BCUT2D eigenvalue weighted by molar-refractivity contribution is -0.115. The van der Waals surface area contributed by atoms with Crippen LogP contribution >= 0.6 is 0 Å². The van der Waals surface area contributed by atoms with E-state index in [9.17, 15) is 9.59 Å². The summed E-state index contributed by atoms with van der Waals surface area (Å²) in [6.45, 7) is 2.84. The number of nitrogens with one attached hydrogen (secondary N) is 2. The minimum atomic E-state index is -0.468. The second kappa shape index (κ2) is 6.65. The number of amides is 1. The number of rotatable bonds is 5. The summed E-state index contributed by atoms with van der Waals surface area (Å²) in [6, 6.07) is 6.73. The number of likely N-dealkylation sites (N-methyl/N-ethyl adjacent to an activating group) is 1. The Morgan fingerprint density at radius 3 is 2.65 bits per heavy atom. The molecule has 5 nitrogen and oxygen atoms in total. The molecule has 0 spiro atoms. The molecule has 0 atom stereocenters. The highest BCUT2D eigenvalue weighted by atomic mass is 16.5. The number of hydrogen-bond acceptors (Lipinski definition) is 4. The van der Waals surface area contributed by atoms with Crippen molar-refractivity contribution in [2.24, 2.45) is 0 Å². The summed E-state index contributed by atoms with van der Waals surface area (Å²) in [5.74, 6) is -0.660. The molecule has 0 fully saturated rings. The fourth-order valence-corrected chi connectivity index (χ4v) is 1.31. The maximum absolute atomic E-state index is 11.5. The van der Waals surface area contributed by atoms with Crippen LogP contribution in [0.4, 0.5) is 5.69 Å². The quantitative estimate of drug-likeness (QED) is 0.749. The lowest BCUT2D eigenvalue weighted by atomic mass is 10.2. The summed E-state index contributed by atoms with van der Waals surface area (Å²) in [4.78, 5) is 22.9. The van der Waals surface area contributed by atoms with Crippen molar-refractivity contribution < 1.29 is 14.3 Å². The molecule has 0 aliphatic carbocycles. The van der Waals surface area contributed by atoms with E-state index in [-0.39, 0.29) is 12.5 Å². The highest BCUT2D eigenvalue weighted by molar-refractivity contribution is 6.01. The van der Waals surface area contributed by atoms with E-state index < -0.39 is 5.97 Å². The molecule has 0 aliphatic heterocycles. The fourth-order valence-electron chi connectivity index (χ4n) is 1.31. The number of anilines is 1. The van der Waals surface area contributed by atoms with Crippen LogP contribution in [0.5, 0.6) is 0 Å². The number of carbonyl (C=O) groups is 2. The second-order valence-corrected chi connectivity index (χ2v) is 3.37. The van der Waals surface area contributed by atoms with E-state index in [1.807, 2.05) is 6.92 Å². The highest BCUT2D eigenvalue weighted by Crippen LogP contribution is 2.15. The molecule has 5 heteroatoms. The Balaban J connectivity index is 2.76. The SMILES string of the molecule is CCNCC(=O)Nc1ccccc1C(=O)OC. The number of para-hydroxylation sites is 1. The van der Waals surface area contributed by atoms with Crippen molar-refractivity contribution in [2.45, 2.75) is 6.92 Å². The first-order valence-corrected chi connectivity index (χ1v) is 5.37. The van der Waals surface area contributed by atoms with Gasteiger partial charge in [0, 0.05) is 0 Å². The van der Waals surface area contributed by atoms with Crippen molar-refractivity contribution in [3.05, 3.63) is 29.8 Å². The Bertz CT molecular complexity index is 404. The van der Waals surface area contributed by atoms with Gasteiger partial charge >= 0.3 is 5.97 Å². The van der Waals surface area contributed by atoms with Gasteiger partial charge in [-0.3, -0.25) is 4.79 Å². The van der Waals surface area contributed by atoms with E-state index in [1.54, 1.807) is 24.3 Å². The molecule has 0 unspecified atom stereocenters. The molecule has 92 valence electrons. The van der Waals surface area contributed by atoms with Gasteiger partial charge in [0.1, 0.15) is 0 Å². The summed E-state index contributed by atoms with van der Waals surface area (Å²) < 4.78 is 4.63. The first-order valence-electron chi connectivity index (χ1n) is 5.37. The van der Waals surface area contributed by atoms with Crippen molar-refractivity contribution in [1.82, 2.24) is 5.32 Å². The van der Waals surface area contributed by atoms with Gasteiger partial charge < -0.3 is 15.4 Å². The third-order valence-corrected chi connectivity index (χ3v) is 2.14. The number of carbonyl (C=O) groups excluding carboxylic acids is 2. The van der Waals surface area contributed by atoms with E-state index >= 15 is 0 Å². The Hall–Kier alpha value is -1.88. The number of benzene rings is 1. The predicted octanol–water partition coefficient (Wildman–Crippen LogP) is 1.02. The second-order valence-electron chi connectivity index (χ2n) is 3.37. The maximum atomic E-state index is 11.5. The van der Waals surface area contributed by atoms with Crippen molar-refractivity contribution in [3.8, 4) is 0 Å². The molecule has 0 aromatic heterocycles. The molecule has 1 aromatic carbocycles. The van der Waals surface area contributed by atoms with Crippen LogP contribution in [0.25, 0.3) is 0 Å².